The molecule has 0 unspecified atom stereocenters. The highest BCUT2D eigenvalue weighted by atomic mass is 19.4. The minimum Gasteiger partial charge on any atom is -0.446 e. The van der Waals surface area contributed by atoms with E-state index in [1.807, 2.05) is 0 Å². The molecule has 0 saturated heterocycles. The molecule has 1 aromatic heterocycles. The third kappa shape index (κ3) is 5.58. The molecular weight excluding hydrogens is 373 g/mol. The maximum Gasteiger partial charge on any atom is 0.393 e. The summed E-state index contributed by atoms with van der Waals surface area (Å²) in [6.45, 7) is 7.22. The van der Waals surface area contributed by atoms with Crippen LogP contribution in [0.15, 0.2) is 28.7 Å². The van der Waals surface area contributed by atoms with Gasteiger partial charge in [-0.25, -0.2) is 4.98 Å². The smallest absolute Gasteiger partial charge is 0.393 e. The van der Waals surface area contributed by atoms with E-state index in [1.54, 1.807) is 33.8 Å². The van der Waals surface area contributed by atoms with Gasteiger partial charge in [0, 0.05) is 25.1 Å². The van der Waals surface area contributed by atoms with Gasteiger partial charge in [-0.2, -0.15) is 13.2 Å². The molecule has 0 bridgehead atoms. The van der Waals surface area contributed by atoms with Crippen LogP contribution >= 0.6 is 0 Å². The molecule has 1 amide bonds. The van der Waals surface area contributed by atoms with E-state index >= 15 is 0 Å². The molecule has 0 saturated carbocycles. The molecule has 0 aliphatic heterocycles. The molecule has 1 heterocycles. The standard InChI is InChI=1S/C20H25F3N2O3/c1-5-25(11-10-16-24-17(13(2)28-16)19(3,4)27)18(26)15-9-7-6-8-14(15)12-20(21,22)23/h6-9,27H,5,10-12H2,1-4H3. The first-order valence-corrected chi connectivity index (χ1v) is 9.05. The van der Waals surface area contributed by atoms with Crippen molar-refractivity contribution in [3.05, 3.63) is 52.7 Å². The molecule has 28 heavy (non-hydrogen) atoms. The molecule has 0 atom stereocenters. The minimum absolute atomic E-state index is 0.0439. The van der Waals surface area contributed by atoms with Gasteiger partial charge >= 0.3 is 6.18 Å². The molecule has 0 radical (unpaired) electrons. The van der Waals surface area contributed by atoms with Crippen LogP contribution in [0.2, 0.25) is 0 Å². The summed E-state index contributed by atoms with van der Waals surface area (Å²) in [6, 6.07) is 5.77. The van der Waals surface area contributed by atoms with Crippen molar-refractivity contribution in [2.45, 2.75) is 52.3 Å². The molecular formula is C20H25F3N2O3. The van der Waals surface area contributed by atoms with Gasteiger partial charge in [0.2, 0.25) is 0 Å². The number of halogens is 3. The van der Waals surface area contributed by atoms with Gasteiger partial charge in [0.15, 0.2) is 5.89 Å². The highest BCUT2D eigenvalue weighted by Gasteiger charge is 2.30. The summed E-state index contributed by atoms with van der Waals surface area (Å²) in [7, 11) is 0. The Balaban J connectivity index is 2.15. The van der Waals surface area contributed by atoms with E-state index in [4.69, 9.17) is 4.42 Å². The van der Waals surface area contributed by atoms with E-state index in [1.165, 1.54) is 23.1 Å². The maximum absolute atomic E-state index is 12.8. The van der Waals surface area contributed by atoms with Gasteiger partial charge in [0.1, 0.15) is 17.1 Å². The largest absolute Gasteiger partial charge is 0.446 e. The van der Waals surface area contributed by atoms with Crippen LogP contribution in [0.25, 0.3) is 0 Å². The Labute approximate surface area is 162 Å². The first-order valence-electron chi connectivity index (χ1n) is 9.05. The van der Waals surface area contributed by atoms with Gasteiger partial charge in [-0.15, -0.1) is 0 Å². The summed E-state index contributed by atoms with van der Waals surface area (Å²) in [4.78, 5) is 18.5. The number of hydrogen-bond acceptors (Lipinski definition) is 4. The number of carbonyl (C=O) groups excluding carboxylic acids is 1. The van der Waals surface area contributed by atoms with Crippen molar-refractivity contribution in [2.75, 3.05) is 13.1 Å². The van der Waals surface area contributed by atoms with Crippen molar-refractivity contribution >= 4 is 5.91 Å². The normalized spacial score (nSPS) is 12.3. The Morgan fingerprint density at radius 3 is 2.43 bits per heavy atom. The van der Waals surface area contributed by atoms with E-state index in [-0.39, 0.29) is 24.1 Å². The van der Waals surface area contributed by atoms with Crippen molar-refractivity contribution in [3.63, 3.8) is 0 Å². The molecule has 8 heteroatoms. The Morgan fingerprint density at radius 1 is 1.25 bits per heavy atom. The number of nitrogens with zero attached hydrogens (tertiary/aromatic N) is 2. The number of rotatable bonds is 7. The molecule has 154 valence electrons. The number of alkyl halides is 3. The lowest BCUT2D eigenvalue weighted by molar-refractivity contribution is -0.127. The monoisotopic (exact) mass is 398 g/mol. The van der Waals surface area contributed by atoms with E-state index in [0.717, 1.165) is 0 Å². The molecule has 2 rings (SSSR count). The van der Waals surface area contributed by atoms with Crippen molar-refractivity contribution in [1.29, 1.82) is 0 Å². The van der Waals surface area contributed by atoms with Gasteiger partial charge in [0.25, 0.3) is 5.91 Å². The van der Waals surface area contributed by atoms with Crippen LogP contribution in [0.4, 0.5) is 13.2 Å². The zero-order valence-corrected chi connectivity index (χ0v) is 16.4. The molecule has 0 aliphatic rings. The van der Waals surface area contributed by atoms with Crippen LogP contribution < -0.4 is 0 Å². The highest BCUT2D eigenvalue weighted by Crippen LogP contribution is 2.25. The number of aliphatic hydroxyl groups is 1. The maximum atomic E-state index is 12.8. The Kier molecular flexibility index (Phi) is 6.54. The fraction of sp³-hybridized carbons (Fsp3) is 0.500. The van der Waals surface area contributed by atoms with Gasteiger partial charge < -0.3 is 14.4 Å². The molecule has 2 aromatic rings. The predicted octanol–water partition coefficient (Wildman–Crippen LogP) is 4.02. The molecule has 1 N–H and O–H groups in total. The topological polar surface area (TPSA) is 66.6 Å². The number of hydrogen-bond donors (Lipinski definition) is 1. The van der Waals surface area contributed by atoms with Gasteiger partial charge in [-0.1, -0.05) is 18.2 Å². The second-order valence-corrected chi connectivity index (χ2v) is 7.16. The lowest BCUT2D eigenvalue weighted by Crippen LogP contribution is -2.33. The number of amides is 1. The van der Waals surface area contributed by atoms with E-state index in [2.05, 4.69) is 4.98 Å². The second-order valence-electron chi connectivity index (χ2n) is 7.16. The van der Waals surface area contributed by atoms with Crippen molar-refractivity contribution in [1.82, 2.24) is 9.88 Å². The molecule has 0 aliphatic carbocycles. The summed E-state index contributed by atoms with van der Waals surface area (Å²) >= 11 is 0. The predicted molar refractivity (Wildman–Crippen MR) is 98.0 cm³/mol. The van der Waals surface area contributed by atoms with E-state index in [9.17, 15) is 23.1 Å². The van der Waals surface area contributed by atoms with Gasteiger partial charge in [0.05, 0.1) is 6.42 Å². The summed E-state index contributed by atoms with van der Waals surface area (Å²) in [6.07, 6.45) is -5.26. The first kappa shape index (κ1) is 21.9. The Hall–Kier alpha value is -2.35. The quantitative estimate of drug-likeness (QED) is 0.765. The Bertz CT molecular complexity index is 823. The summed E-state index contributed by atoms with van der Waals surface area (Å²) in [5.41, 5.74) is -0.729. The number of carbonyl (C=O) groups is 1. The summed E-state index contributed by atoms with van der Waals surface area (Å²) in [5, 5.41) is 10.1. The fourth-order valence-electron chi connectivity index (χ4n) is 3.03. The molecule has 1 aromatic carbocycles. The zero-order chi connectivity index (χ0) is 21.1. The zero-order valence-electron chi connectivity index (χ0n) is 16.4. The first-order chi connectivity index (χ1) is 12.9. The summed E-state index contributed by atoms with van der Waals surface area (Å²) < 4.78 is 44.0. The van der Waals surface area contributed by atoms with Crippen LogP contribution in [0.5, 0.6) is 0 Å². The van der Waals surface area contributed by atoms with Gasteiger partial charge in [-0.05, 0) is 39.3 Å². The molecule has 0 fully saturated rings. The van der Waals surface area contributed by atoms with Crippen molar-refractivity contribution in [2.24, 2.45) is 0 Å². The van der Waals surface area contributed by atoms with Crippen molar-refractivity contribution in [3.8, 4) is 0 Å². The average molecular weight is 398 g/mol. The lowest BCUT2D eigenvalue weighted by Gasteiger charge is -2.22. The Morgan fingerprint density at radius 2 is 1.89 bits per heavy atom. The minimum atomic E-state index is -4.39. The molecule has 0 spiro atoms. The van der Waals surface area contributed by atoms with Crippen LogP contribution in [0.3, 0.4) is 0 Å². The number of oxazole rings is 1. The van der Waals surface area contributed by atoms with Gasteiger partial charge in [-0.3, -0.25) is 4.79 Å². The van der Waals surface area contributed by atoms with Crippen LogP contribution in [0, 0.1) is 6.92 Å². The van der Waals surface area contributed by atoms with Crippen LogP contribution in [0.1, 0.15) is 54.0 Å². The lowest BCUT2D eigenvalue weighted by atomic mass is 10.0. The fourth-order valence-corrected chi connectivity index (χ4v) is 3.03. The number of aryl methyl sites for hydroxylation is 1. The van der Waals surface area contributed by atoms with Crippen molar-refractivity contribution < 1.29 is 27.5 Å². The second kappa shape index (κ2) is 8.34. The number of benzene rings is 1. The molecule has 5 nitrogen and oxygen atoms in total. The average Bonchev–Trinajstić information content (AvgIpc) is 2.95. The van der Waals surface area contributed by atoms with E-state index < -0.39 is 24.1 Å². The van der Waals surface area contributed by atoms with Crippen LogP contribution in [-0.4, -0.2) is 40.2 Å². The highest BCUT2D eigenvalue weighted by molar-refractivity contribution is 5.95. The van der Waals surface area contributed by atoms with E-state index in [0.29, 0.717) is 23.9 Å². The SMILES string of the molecule is CCN(CCc1nc(C(C)(C)O)c(C)o1)C(=O)c1ccccc1CC(F)(F)F. The number of likely N-dealkylation sites (N-methyl/N-ethyl adjacent to an activating group) is 1. The van der Waals surface area contributed by atoms with Crippen LogP contribution in [-0.2, 0) is 18.4 Å². The third-order valence-corrected chi connectivity index (χ3v) is 4.32. The number of aromatic nitrogens is 1. The third-order valence-electron chi connectivity index (χ3n) is 4.32. The summed E-state index contributed by atoms with van der Waals surface area (Å²) in [5.74, 6) is 0.394.